The Labute approximate surface area is 109 Å². The topological polar surface area (TPSA) is 47.6 Å². The Morgan fingerprint density at radius 1 is 0.722 bits per heavy atom. The summed E-state index contributed by atoms with van der Waals surface area (Å²) in [6.45, 7) is 0. The number of allylic oxidation sites excluding steroid dienone is 4. The van der Waals surface area contributed by atoms with E-state index < -0.39 is 0 Å². The van der Waals surface area contributed by atoms with E-state index in [2.05, 4.69) is 0 Å². The summed E-state index contributed by atoms with van der Waals surface area (Å²) >= 11 is 0. The van der Waals surface area contributed by atoms with Gasteiger partial charge in [0.05, 0.1) is 0 Å². The zero-order valence-corrected chi connectivity index (χ0v) is 9.51. The van der Waals surface area contributed by atoms with Gasteiger partial charge in [0.25, 0.3) is 0 Å². The second kappa shape index (κ2) is 4.62. The molecule has 0 heterocycles. The van der Waals surface area contributed by atoms with Crippen LogP contribution in [-0.2, 0) is 0 Å². The molecule has 0 saturated heterocycles. The molecule has 3 aliphatic rings. The summed E-state index contributed by atoms with van der Waals surface area (Å²) in [5.41, 5.74) is 3.06. The smallest absolute Gasteiger partial charge is 0.137 e. The van der Waals surface area contributed by atoms with Crippen LogP contribution in [0.2, 0.25) is 0 Å². The summed E-state index contributed by atoms with van der Waals surface area (Å²) in [6.07, 6.45) is 15.8. The van der Waals surface area contributed by atoms with Crippen LogP contribution in [0.4, 0.5) is 0 Å². The average molecular weight is 228 g/mol. The van der Waals surface area contributed by atoms with Gasteiger partial charge in [-0.25, -0.2) is 0 Å². The molecule has 0 aromatic heterocycles. The number of nitrogens with zero attached hydrogens (tertiary/aromatic N) is 2. The van der Waals surface area contributed by atoms with Crippen LogP contribution in [0.1, 0.15) is 0 Å². The first-order valence-electron chi connectivity index (χ1n) is 5.60. The van der Waals surface area contributed by atoms with Crippen LogP contribution >= 0.6 is 0 Å². The lowest BCUT2D eigenvalue weighted by Gasteiger charge is -2.00. The molecule has 3 aliphatic carbocycles. The molecule has 0 aliphatic heterocycles. The van der Waals surface area contributed by atoms with E-state index in [1.807, 2.05) is 63.5 Å². The fourth-order valence-corrected chi connectivity index (χ4v) is 2.23. The van der Waals surface area contributed by atoms with E-state index in [-0.39, 0.29) is 5.57 Å². The predicted octanol–water partition coefficient (Wildman–Crippen LogP) is 2.45. The van der Waals surface area contributed by atoms with E-state index in [0.717, 1.165) is 28.6 Å². The molecule has 0 atom stereocenters. The monoisotopic (exact) mass is 228 g/mol. The second-order valence-corrected chi connectivity index (χ2v) is 4.07. The van der Waals surface area contributed by atoms with Crippen molar-refractivity contribution in [1.82, 2.24) is 0 Å². The van der Waals surface area contributed by atoms with Crippen molar-refractivity contribution in [3.63, 3.8) is 0 Å². The van der Waals surface area contributed by atoms with E-state index in [0.29, 0.717) is 0 Å². The highest BCUT2D eigenvalue weighted by molar-refractivity contribution is 5.87. The average Bonchev–Trinajstić information content (AvgIpc) is 2.86. The summed E-state index contributed by atoms with van der Waals surface area (Å²) in [5, 5.41) is 18.0. The van der Waals surface area contributed by atoms with Gasteiger partial charge in [-0.05, 0) is 62.5 Å². The normalized spacial score (nSPS) is 24.2. The zero-order valence-electron chi connectivity index (χ0n) is 9.51. The highest BCUT2D eigenvalue weighted by Crippen LogP contribution is 2.57. The van der Waals surface area contributed by atoms with E-state index in [1.165, 1.54) is 0 Å². The summed E-state index contributed by atoms with van der Waals surface area (Å²) in [5.74, 6) is 2.15. The van der Waals surface area contributed by atoms with E-state index >= 15 is 0 Å². The van der Waals surface area contributed by atoms with E-state index in [4.69, 9.17) is 10.5 Å². The van der Waals surface area contributed by atoms with Crippen molar-refractivity contribution in [3.8, 4) is 12.1 Å². The predicted molar refractivity (Wildman–Crippen MR) is 66.2 cm³/mol. The first kappa shape index (κ1) is 11.5. The van der Waals surface area contributed by atoms with Crippen LogP contribution in [0.3, 0.4) is 0 Å². The fraction of sp³-hybridized carbons (Fsp3) is 0. The fourth-order valence-electron chi connectivity index (χ4n) is 2.23. The number of hydrogen-bond donors (Lipinski definition) is 0. The molecule has 2 heteroatoms. The Bertz CT molecular complexity index is 454. The number of hydrogen-bond acceptors (Lipinski definition) is 2. The van der Waals surface area contributed by atoms with E-state index in [9.17, 15) is 0 Å². The lowest BCUT2D eigenvalue weighted by molar-refractivity contribution is 1.31. The largest absolute Gasteiger partial charge is 0.192 e. The Balaban J connectivity index is 1.92. The molecule has 0 spiro atoms. The first-order valence-corrected chi connectivity index (χ1v) is 5.60. The highest BCUT2D eigenvalue weighted by atomic mass is 14.5. The quantitative estimate of drug-likeness (QED) is 0.681. The van der Waals surface area contributed by atoms with Crippen molar-refractivity contribution < 1.29 is 0 Å². The molecule has 0 aromatic rings. The van der Waals surface area contributed by atoms with Gasteiger partial charge in [0.2, 0.25) is 0 Å². The standard InChI is InChI=1S/C16H8N2/c17-9-13(10-18)16-14(11-5-1-2-6-11)15(16)12-7-3-4-8-12/h1-8H. The molecule has 18 heavy (non-hydrogen) atoms. The summed E-state index contributed by atoms with van der Waals surface area (Å²) < 4.78 is 0. The van der Waals surface area contributed by atoms with Gasteiger partial charge in [0, 0.05) is 17.4 Å². The molecule has 10 radical (unpaired) electrons. The molecule has 2 fully saturated rings. The minimum atomic E-state index is 0.197. The van der Waals surface area contributed by atoms with Gasteiger partial charge in [0.15, 0.2) is 0 Å². The lowest BCUT2D eigenvalue weighted by atomic mass is 10.0. The Hall–Kier alpha value is -1.54. The van der Waals surface area contributed by atoms with Gasteiger partial charge in [-0.3, -0.25) is 0 Å². The zero-order chi connectivity index (χ0) is 12.5. The molecule has 2 saturated carbocycles. The van der Waals surface area contributed by atoms with Crippen molar-refractivity contribution in [3.05, 3.63) is 85.5 Å². The highest BCUT2D eigenvalue weighted by Gasteiger charge is 2.44. The maximum absolute atomic E-state index is 9.01. The first-order chi connectivity index (χ1) is 8.86. The summed E-state index contributed by atoms with van der Waals surface area (Å²) in [4.78, 5) is 0. The SMILES string of the molecule is N#CC(C#N)=C1C([C]2[CH][CH][CH][CH]2)=C1[C]1[CH][CH][CH][CH]1. The van der Waals surface area contributed by atoms with Crippen LogP contribution in [0.5, 0.6) is 0 Å². The van der Waals surface area contributed by atoms with Gasteiger partial charge in [-0.1, -0.05) is 0 Å². The van der Waals surface area contributed by atoms with Crippen molar-refractivity contribution in [2.75, 3.05) is 0 Å². The maximum Gasteiger partial charge on any atom is 0.137 e. The molecule has 0 bridgehead atoms. The molecule has 3 rings (SSSR count). The summed E-state index contributed by atoms with van der Waals surface area (Å²) in [6, 6.07) is 3.95. The molecule has 0 amide bonds. The third-order valence-electron chi connectivity index (χ3n) is 3.06. The van der Waals surface area contributed by atoms with Crippen molar-refractivity contribution in [2.45, 2.75) is 0 Å². The molecule has 0 aromatic carbocycles. The molecule has 0 unspecified atom stereocenters. The molecule has 2 nitrogen and oxygen atoms in total. The van der Waals surface area contributed by atoms with Crippen molar-refractivity contribution in [1.29, 1.82) is 10.5 Å². The third-order valence-corrected chi connectivity index (χ3v) is 3.06. The molecule has 0 N–H and O–H groups in total. The second-order valence-electron chi connectivity index (χ2n) is 4.07. The van der Waals surface area contributed by atoms with Crippen LogP contribution in [0.15, 0.2) is 22.3 Å². The molecule has 82 valence electrons. The molecular weight excluding hydrogens is 220 g/mol. The van der Waals surface area contributed by atoms with Crippen molar-refractivity contribution >= 4 is 0 Å². The van der Waals surface area contributed by atoms with Gasteiger partial charge >= 0.3 is 0 Å². The van der Waals surface area contributed by atoms with Crippen molar-refractivity contribution in [2.24, 2.45) is 0 Å². The maximum atomic E-state index is 9.01. The minimum absolute atomic E-state index is 0.197. The van der Waals surface area contributed by atoms with Crippen LogP contribution < -0.4 is 0 Å². The van der Waals surface area contributed by atoms with Crippen LogP contribution in [-0.4, -0.2) is 0 Å². The number of rotatable bonds is 2. The molecular formula is C16H8N2. The Morgan fingerprint density at radius 3 is 1.44 bits per heavy atom. The number of nitriles is 2. The Morgan fingerprint density at radius 2 is 1.11 bits per heavy atom. The van der Waals surface area contributed by atoms with Crippen LogP contribution in [0.25, 0.3) is 0 Å². The van der Waals surface area contributed by atoms with Gasteiger partial charge < -0.3 is 0 Å². The summed E-state index contributed by atoms with van der Waals surface area (Å²) in [7, 11) is 0. The minimum Gasteiger partial charge on any atom is -0.192 e. The Kier molecular flexibility index (Phi) is 2.96. The van der Waals surface area contributed by atoms with Gasteiger partial charge in [-0.2, -0.15) is 10.5 Å². The van der Waals surface area contributed by atoms with Gasteiger partial charge in [-0.15, -0.1) is 0 Å². The van der Waals surface area contributed by atoms with E-state index in [1.54, 1.807) is 0 Å². The lowest BCUT2D eigenvalue weighted by Crippen LogP contribution is -1.89. The van der Waals surface area contributed by atoms with Gasteiger partial charge in [0.1, 0.15) is 17.7 Å². The van der Waals surface area contributed by atoms with Crippen LogP contribution in [0, 0.1) is 85.9 Å². The third kappa shape index (κ3) is 1.77.